The highest BCUT2D eigenvalue weighted by molar-refractivity contribution is 5.53. The van der Waals surface area contributed by atoms with Crippen molar-refractivity contribution in [1.29, 1.82) is 0 Å². The maximum atomic E-state index is 9.39. The lowest BCUT2D eigenvalue weighted by Gasteiger charge is -2.21. The highest BCUT2D eigenvalue weighted by Gasteiger charge is 2.17. The lowest BCUT2D eigenvalue weighted by molar-refractivity contribution is 0.276. The first kappa shape index (κ1) is 23.9. The number of nitrogens with two attached hydrogens (primary N) is 1. The molecule has 1 atom stereocenters. The molecule has 166 valence electrons. The first-order valence-corrected chi connectivity index (χ1v) is 10.5. The van der Waals surface area contributed by atoms with Crippen molar-refractivity contribution in [2.75, 3.05) is 37.9 Å². The highest BCUT2D eigenvalue weighted by atomic mass is 16.5. The van der Waals surface area contributed by atoms with Crippen molar-refractivity contribution in [2.24, 2.45) is 0 Å². The third-order valence-corrected chi connectivity index (χ3v) is 5.02. The predicted octanol–water partition coefficient (Wildman–Crippen LogP) is 2.01. The number of nitrogens with zero attached hydrogens (tertiary/aromatic N) is 2. The summed E-state index contributed by atoms with van der Waals surface area (Å²) in [6.07, 6.45) is 3.18. The Balaban J connectivity index is 2.30. The molecule has 8 nitrogen and oxygen atoms in total. The summed E-state index contributed by atoms with van der Waals surface area (Å²) in [6, 6.07) is 6.22. The number of ether oxygens (including phenoxy) is 1. The highest BCUT2D eigenvalue weighted by Crippen LogP contribution is 2.28. The number of methoxy groups -OCH3 is 1. The molecule has 0 fully saturated rings. The Kier molecular flexibility index (Phi) is 9.79. The van der Waals surface area contributed by atoms with E-state index < -0.39 is 0 Å². The van der Waals surface area contributed by atoms with E-state index in [-0.39, 0.29) is 25.2 Å². The van der Waals surface area contributed by atoms with Crippen molar-refractivity contribution in [1.82, 2.24) is 15.3 Å². The van der Waals surface area contributed by atoms with Gasteiger partial charge in [-0.2, -0.15) is 4.98 Å². The molecule has 2 aromatic rings. The van der Waals surface area contributed by atoms with Crippen LogP contribution in [0.15, 0.2) is 18.2 Å². The van der Waals surface area contributed by atoms with Crippen LogP contribution in [0, 0.1) is 6.92 Å². The van der Waals surface area contributed by atoms with Crippen molar-refractivity contribution in [3.8, 4) is 5.75 Å². The number of aliphatic hydroxyl groups is 2. The molecule has 0 amide bonds. The lowest BCUT2D eigenvalue weighted by Crippen LogP contribution is -2.23. The van der Waals surface area contributed by atoms with Crippen LogP contribution in [-0.2, 0) is 13.0 Å². The van der Waals surface area contributed by atoms with Crippen LogP contribution in [0.4, 0.5) is 11.8 Å². The van der Waals surface area contributed by atoms with Gasteiger partial charge >= 0.3 is 0 Å². The zero-order valence-corrected chi connectivity index (χ0v) is 18.2. The quantitative estimate of drug-likeness (QED) is 0.313. The normalized spacial score (nSPS) is 12.0. The maximum absolute atomic E-state index is 9.39. The van der Waals surface area contributed by atoms with Gasteiger partial charge < -0.3 is 31.3 Å². The number of nitrogen functional groups attached to an aromatic ring is 1. The molecule has 0 radical (unpaired) electrons. The summed E-state index contributed by atoms with van der Waals surface area (Å²) in [5.41, 5.74) is 9.81. The van der Waals surface area contributed by atoms with E-state index in [0.29, 0.717) is 31.7 Å². The molecule has 0 aliphatic rings. The lowest BCUT2D eigenvalue weighted by atomic mass is 10.0. The summed E-state index contributed by atoms with van der Waals surface area (Å²) in [5, 5.41) is 25.0. The minimum Gasteiger partial charge on any atom is -0.496 e. The van der Waals surface area contributed by atoms with Crippen molar-refractivity contribution in [3.05, 3.63) is 40.6 Å². The van der Waals surface area contributed by atoms with Gasteiger partial charge in [-0.3, -0.25) is 0 Å². The molecule has 1 aromatic heterocycles. The maximum Gasteiger partial charge on any atom is 0.222 e. The number of hydrogen-bond acceptors (Lipinski definition) is 8. The zero-order valence-electron chi connectivity index (χ0n) is 18.2. The first-order chi connectivity index (χ1) is 14.5. The molecule has 1 unspecified atom stereocenters. The summed E-state index contributed by atoms with van der Waals surface area (Å²) in [4.78, 5) is 8.81. The van der Waals surface area contributed by atoms with Gasteiger partial charge in [0.05, 0.1) is 13.7 Å². The Morgan fingerprint density at radius 2 is 1.97 bits per heavy atom. The van der Waals surface area contributed by atoms with Crippen LogP contribution in [0.3, 0.4) is 0 Å². The monoisotopic (exact) mass is 417 g/mol. The smallest absolute Gasteiger partial charge is 0.222 e. The Morgan fingerprint density at radius 3 is 2.63 bits per heavy atom. The number of aromatic nitrogens is 2. The average molecular weight is 418 g/mol. The van der Waals surface area contributed by atoms with Crippen LogP contribution in [0.2, 0.25) is 0 Å². The fourth-order valence-corrected chi connectivity index (χ4v) is 3.48. The second-order valence-corrected chi connectivity index (χ2v) is 7.36. The van der Waals surface area contributed by atoms with Crippen molar-refractivity contribution in [2.45, 2.75) is 52.1 Å². The summed E-state index contributed by atoms with van der Waals surface area (Å²) >= 11 is 0. The molecule has 1 aromatic carbocycles. The molecule has 0 bridgehead atoms. The summed E-state index contributed by atoms with van der Waals surface area (Å²) in [6.45, 7) is 5.48. The average Bonchev–Trinajstić information content (AvgIpc) is 2.71. The number of hydrogen-bond donors (Lipinski definition) is 5. The van der Waals surface area contributed by atoms with Gasteiger partial charge in [-0.1, -0.05) is 25.5 Å². The second-order valence-electron chi connectivity index (χ2n) is 7.36. The topological polar surface area (TPSA) is 126 Å². The molecule has 0 aliphatic carbocycles. The third kappa shape index (κ3) is 6.83. The van der Waals surface area contributed by atoms with E-state index >= 15 is 0 Å². The van der Waals surface area contributed by atoms with Crippen LogP contribution >= 0.6 is 0 Å². The number of rotatable bonds is 13. The van der Waals surface area contributed by atoms with E-state index in [0.717, 1.165) is 41.0 Å². The minimum atomic E-state index is 0.108. The molecular formula is C22H35N5O3. The Labute approximate surface area is 178 Å². The van der Waals surface area contributed by atoms with Gasteiger partial charge in [0, 0.05) is 43.4 Å². The Morgan fingerprint density at radius 1 is 1.17 bits per heavy atom. The van der Waals surface area contributed by atoms with E-state index in [2.05, 4.69) is 33.6 Å². The second kappa shape index (κ2) is 12.3. The van der Waals surface area contributed by atoms with E-state index in [9.17, 15) is 5.11 Å². The van der Waals surface area contributed by atoms with E-state index in [1.54, 1.807) is 7.11 Å². The van der Waals surface area contributed by atoms with Gasteiger partial charge in [0.15, 0.2) is 0 Å². The Bertz CT molecular complexity index is 795. The van der Waals surface area contributed by atoms with Crippen LogP contribution in [0.1, 0.15) is 48.6 Å². The molecule has 6 N–H and O–H groups in total. The standard InChI is InChI=1S/C22H35N5O3/c1-4-5-18(8-10-28)26-21-19(15(2)25-22(23)27-21)13-17-7-6-16(12-20(17)30-3)14-24-9-11-29/h6-7,12,18,24,28-29H,4-5,8-11,13-14H2,1-3H3,(H3,23,25,26,27). The number of benzene rings is 1. The summed E-state index contributed by atoms with van der Waals surface area (Å²) in [5.74, 6) is 1.74. The number of aliphatic hydroxyl groups excluding tert-OH is 2. The number of anilines is 2. The largest absolute Gasteiger partial charge is 0.496 e. The van der Waals surface area contributed by atoms with Crippen LogP contribution in [-0.4, -0.2) is 53.1 Å². The predicted molar refractivity (Wildman–Crippen MR) is 120 cm³/mol. The molecule has 8 heteroatoms. The fourth-order valence-electron chi connectivity index (χ4n) is 3.48. The van der Waals surface area contributed by atoms with E-state index in [4.69, 9.17) is 15.6 Å². The molecule has 2 rings (SSSR count). The van der Waals surface area contributed by atoms with Crippen LogP contribution < -0.4 is 21.1 Å². The van der Waals surface area contributed by atoms with Crippen LogP contribution in [0.25, 0.3) is 0 Å². The van der Waals surface area contributed by atoms with Gasteiger partial charge in [0.2, 0.25) is 5.95 Å². The van der Waals surface area contributed by atoms with Crippen molar-refractivity contribution < 1.29 is 14.9 Å². The van der Waals surface area contributed by atoms with Crippen molar-refractivity contribution >= 4 is 11.8 Å². The molecule has 0 spiro atoms. The molecule has 0 saturated heterocycles. The molecule has 1 heterocycles. The minimum absolute atomic E-state index is 0.108. The van der Waals surface area contributed by atoms with Gasteiger partial charge in [-0.25, -0.2) is 4.98 Å². The number of aryl methyl sites for hydroxylation is 1. The molecule has 0 saturated carbocycles. The molecule has 0 aliphatic heterocycles. The Hall–Kier alpha value is -2.42. The van der Waals surface area contributed by atoms with Gasteiger partial charge in [0.1, 0.15) is 11.6 Å². The molecule has 30 heavy (non-hydrogen) atoms. The van der Waals surface area contributed by atoms with Gasteiger partial charge in [-0.15, -0.1) is 0 Å². The van der Waals surface area contributed by atoms with Gasteiger partial charge in [-0.05, 0) is 37.0 Å². The van der Waals surface area contributed by atoms with Gasteiger partial charge in [0.25, 0.3) is 0 Å². The SMILES string of the molecule is CCCC(CCO)Nc1nc(N)nc(C)c1Cc1ccc(CNCCO)cc1OC. The van der Waals surface area contributed by atoms with Crippen molar-refractivity contribution in [3.63, 3.8) is 0 Å². The third-order valence-electron chi connectivity index (χ3n) is 5.02. The first-order valence-electron chi connectivity index (χ1n) is 10.5. The summed E-state index contributed by atoms with van der Waals surface area (Å²) < 4.78 is 5.63. The van der Waals surface area contributed by atoms with Crippen LogP contribution in [0.5, 0.6) is 5.75 Å². The number of nitrogens with one attached hydrogen (secondary N) is 2. The zero-order chi connectivity index (χ0) is 21.9. The molecular weight excluding hydrogens is 382 g/mol. The van der Waals surface area contributed by atoms with E-state index in [1.807, 2.05) is 19.1 Å². The summed E-state index contributed by atoms with van der Waals surface area (Å²) in [7, 11) is 1.66. The fraction of sp³-hybridized carbons (Fsp3) is 0.545. The van der Waals surface area contributed by atoms with E-state index in [1.165, 1.54) is 0 Å².